The van der Waals surface area contributed by atoms with Crippen molar-refractivity contribution in [3.8, 4) is 0 Å². The summed E-state index contributed by atoms with van der Waals surface area (Å²) in [6.45, 7) is 2.97. The van der Waals surface area contributed by atoms with E-state index in [9.17, 15) is 0 Å². The first kappa shape index (κ1) is 13.1. The molecule has 0 saturated heterocycles. The Kier molecular flexibility index (Phi) is 3.84. The average molecular weight is 263 g/mol. The number of nitrogens with two attached hydrogens (primary N) is 1. The van der Waals surface area contributed by atoms with E-state index in [1.807, 2.05) is 4.68 Å². The average Bonchev–Trinajstić information content (AvgIpc) is 3.13. The summed E-state index contributed by atoms with van der Waals surface area (Å²) in [5.74, 6) is 9.64. The molecule has 2 bridgehead atoms. The first-order chi connectivity index (χ1) is 9.30. The predicted molar refractivity (Wildman–Crippen MR) is 74.1 cm³/mol. The summed E-state index contributed by atoms with van der Waals surface area (Å²) in [5.41, 5.74) is 3.00. The van der Waals surface area contributed by atoms with Gasteiger partial charge in [0.25, 0.3) is 0 Å². The van der Waals surface area contributed by atoms with Crippen molar-refractivity contribution in [1.29, 1.82) is 0 Å². The predicted octanol–water partition coefficient (Wildman–Crippen LogP) is 1.50. The van der Waals surface area contributed by atoms with Gasteiger partial charge in [-0.2, -0.15) is 5.10 Å². The molecule has 4 unspecified atom stereocenters. The molecule has 1 aromatic heterocycles. The van der Waals surface area contributed by atoms with Crippen LogP contribution in [0.4, 0.5) is 0 Å². The number of nitrogens with one attached hydrogen (secondary N) is 1. The highest BCUT2D eigenvalue weighted by atomic mass is 15.3. The number of hydrogen-bond donors (Lipinski definition) is 2. The molecule has 106 valence electrons. The molecular formula is C14H25N5. The second-order valence-electron chi connectivity index (χ2n) is 6.23. The van der Waals surface area contributed by atoms with E-state index in [0.29, 0.717) is 6.04 Å². The molecule has 5 nitrogen and oxygen atoms in total. The van der Waals surface area contributed by atoms with Gasteiger partial charge in [0.15, 0.2) is 0 Å². The third kappa shape index (κ3) is 2.67. The molecule has 3 rings (SSSR count). The van der Waals surface area contributed by atoms with Gasteiger partial charge in [0, 0.05) is 19.0 Å². The monoisotopic (exact) mass is 263 g/mol. The van der Waals surface area contributed by atoms with Crippen molar-refractivity contribution in [3.63, 3.8) is 0 Å². The lowest BCUT2D eigenvalue weighted by molar-refractivity contribution is 0.275. The van der Waals surface area contributed by atoms with Gasteiger partial charge in [-0.3, -0.25) is 16.0 Å². The van der Waals surface area contributed by atoms with Gasteiger partial charge in [0.2, 0.25) is 0 Å². The van der Waals surface area contributed by atoms with Crippen LogP contribution in [0.25, 0.3) is 0 Å². The molecule has 1 heterocycles. The van der Waals surface area contributed by atoms with Crippen LogP contribution >= 0.6 is 0 Å². The lowest BCUT2D eigenvalue weighted by atomic mass is 9.83. The maximum Gasteiger partial charge on any atom is 0.138 e. The van der Waals surface area contributed by atoms with Crippen LogP contribution in [-0.2, 0) is 13.0 Å². The fourth-order valence-electron chi connectivity index (χ4n) is 4.17. The van der Waals surface area contributed by atoms with Crippen molar-refractivity contribution in [3.05, 3.63) is 12.2 Å². The third-order valence-electron chi connectivity index (χ3n) is 5.13. The van der Waals surface area contributed by atoms with Gasteiger partial charge >= 0.3 is 0 Å². The Morgan fingerprint density at radius 3 is 3.00 bits per heavy atom. The number of aryl methyl sites for hydroxylation is 1. The van der Waals surface area contributed by atoms with E-state index in [2.05, 4.69) is 22.4 Å². The summed E-state index contributed by atoms with van der Waals surface area (Å²) in [6, 6.07) is 0.332. The Morgan fingerprint density at radius 2 is 2.37 bits per heavy atom. The highest BCUT2D eigenvalue weighted by Gasteiger charge is 2.40. The zero-order valence-electron chi connectivity index (χ0n) is 11.8. The van der Waals surface area contributed by atoms with Crippen molar-refractivity contribution in [2.45, 2.75) is 58.0 Å². The summed E-state index contributed by atoms with van der Waals surface area (Å²) < 4.78 is 1.96. The van der Waals surface area contributed by atoms with Gasteiger partial charge in [-0.15, -0.1) is 0 Å². The molecule has 0 radical (unpaired) electrons. The summed E-state index contributed by atoms with van der Waals surface area (Å²) in [4.78, 5) is 4.35. The van der Waals surface area contributed by atoms with Gasteiger partial charge in [-0.25, -0.2) is 4.98 Å². The van der Waals surface area contributed by atoms with Crippen LogP contribution in [-0.4, -0.2) is 20.8 Å². The topological polar surface area (TPSA) is 68.8 Å². The lowest BCUT2D eigenvalue weighted by Gasteiger charge is -2.26. The van der Waals surface area contributed by atoms with E-state index >= 15 is 0 Å². The highest BCUT2D eigenvalue weighted by molar-refractivity contribution is 4.95. The maximum absolute atomic E-state index is 5.75. The normalized spacial score (nSPS) is 30.9. The second kappa shape index (κ2) is 5.59. The van der Waals surface area contributed by atoms with Gasteiger partial charge in [0.1, 0.15) is 12.2 Å². The molecular weight excluding hydrogens is 238 g/mol. The Labute approximate surface area is 114 Å². The number of hydrogen-bond acceptors (Lipinski definition) is 4. The van der Waals surface area contributed by atoms with E-state index in [1.165, 1.54) is 32.1 Å². The molecule has 3 N–H and O–H groups in total. The molecule has 2 aliphatic rings. The van der Waals surface area contributed by atoms with Crippen LogP contribution in [0.1, 0.15) is 44.9 Å². The first-order valence-electron chi connectivity index (χ1n) is 7.63. The Hall–Kier alpha value is -0.940. The first-order valence-corrected chi connectivity index (χ1v) is 7.63. The summed E-state index contributed by atoms with van der Waals surface area (Å²) in [5, 5.41) is 4.23. The fraction of sp³-hybridized carbons (Fsp3) is 0.857. The van der Waals surface area contributed by atoms with E-state index in [4.69, 9.17) is 5.84 Å². The standard InChI is InChI=1S/C14H25N5/c1-2-19-14(16-9-17-19)8-13(18-15)7-12-6-10-3-4-11(12)5-10/h9-13,18H,2-8,15H2,1H3. The van der Waals surface area contributed by atoms with Crippen LogP contribution in [0.2, 0.25) is 0 Å². The van der Waals surface area contributed by atoms with Crippen LogP contribution in [0.5, 0.6) is 0 Å². The number of aromatic nitrogens is 3. The molecule has 0 spiro atoms. The van der Waals surface area contributed by atoms with Gasteiger partial charge in [0.05, 0.1) is 0 Å². The van der Waals surface area contributed by atoms with Crippen LogP contribution in [0, 0.1) is 17.8 Å². The van der Waals surface area contributed by atoms with Crippen molar-refractivity contribution in [2.24, 2.45) is 23.6 Å². The SMILES string of the molecule is CCn1ncnc1CC(CC1CC2CCC1C2)NN. The molecule has 0 amide bonds. The number of nitrogens with zero attached hydrogens (tertiary/aromatic N) is 3. The zero-order valence-corrected chi connectivity index (χ0v) is 11.8. The highest BCUT2D eigenvalue weighted by Crippen LogP contribution is 2.49. The van der Waals surface area contributed by atoms with E-state index < -0.39 is 0 Å². The molecule has 0 aromatic carbocycles. The zero-order chi connectivity index (χ0) is 13.2. The number of fused-ring (bicyclic) bond motifs is 2. The van der Waals surface area contributed by atoms with E-state index in [-0.39, 0.29) is 0 Å². The molecule has 5 heteroatoms. The Bertz CT molecular complexity index is 416. The quantitative estimate of drug-likeness (QED) is 0.603. The molecule has 2 fully saturated rings. The van der Waals surface area contributed by atoms with E-state index in [1.54, 1.807) is 6.33 Å². The van der Waals surface area contributed by atoms with Crippen molar-refractivity contribution >= 4 is 0 Å². The van der Waals surface area contributed by atoms with Crippen LogP contribution < -0.4 is 11.3 Å². The van der Waals surface area contributed by atoms with E-state index in [0.717, 1.165) is 36.5 Å². The molecule has 0 aliphatic heterocycles. The second-order valence-corrected chi connectivity index (χ2v) is 6.23. The van der Waals surface area contributed by atoms with Crippen molar-refractivity contribution in [2.75, 3.05) is 0 Å². The summed E-state index contributed by atoms with van der Waals surface area (Å²) >= 11 is 0. The maximum atomic E-state index is 5.75. The smallest absolute Gasteiger partial charge is 0.138 e. The minimum atomic E-state index is 0.332. The van der Waals surface area contributed by atoms with Crippen LogP contribution in [0.15, 0.2) is 6.33 Å². The van der Waals surface area contributed by atoms with Gasteiger partial charge < -0.3 is 0 Å². The van der Waals surface area contributed by atoms with Crippen molar-refractivity contribution < 1.29 is 0 Å². The Balaban J connectivity index is 1.59. The molecule has 4 atom stereocenters. The molecule has 19 heavy (non-hydrogen) atoms. The molecule has 2 aliphatic carbocycles. The summed E-state index contributed by atoms with van der Waals surface area (Å²) in [6.07, 6.45) is 9.51. The largest absolute Gasteiger partial charge is 0.271 e. The van der Waals surface area contributed by atoms with Crippen LogP contribution in [0.3, 0.4) is 0 Å². The third-order valence-corrected chi connectivity index (χ3v) is 5.13. The molecule has 2 saturated carbocycles. The van der Waals surface area contributed by atoms with Gasteiger partial charge in [-0.05, 0) is 50.4 Å². The summed E-state index contributed by atoms with van der Waals surface area (Å²) in [7, 11) is 0. The van der Waals surface area contributed by atoms with Gasteiger partial charge in [-0.1, -0.05) is 6.42 Å². The minimum Gasteiger partial charge on any atom is -0.271 e. The fourth-order valence-corrected chi connectivity index (χ4v) is 4.17. The minimum absolute atomic E-state index is 0.332. The number of rotatable bonds is 6. The molecule has 1 aromatic rings. The Morgan fingerprint density at radius 1 is 1.47 bits per heavy atom. The number of hydrazine groups is 1. The lowest BCUT2D eigenvalue weighted by Crippen LogP contribution is -2.39. The van der Waals surface area contributed by atoms with Crippen molar-refractivity contribution in [1.82, 2.24) is 20.2 Å².